The van der Waals surface area contributed by atoms with Gasteiger partial charge in [-0.05, 0) is 24.2 Å². The number of anilines is 2. The Balaban J connectivity index is 2.26. The smallest absolute Gasteiger partial charge is 0.330 e. The van der Waals surface area contributed by atoms with E-state index in [1.165, 1.54) is 11.0 Å². The maximum absolute atomic E-state index is 11.8. The SMILES string of the molecule is CC(C)Cn1c(N)c(NCC2CC2C)c(=O)[nH]c1=O. The van der Waals surface area contributed by atoms with Crippen LogP contribution in [0.1, 0.15) is 27.2 Å². The molecule has 1 aliphatic carbocycles. The van der Waals surface area contributed by atoms with Gasteiger partial charge in [-0.2, -0.15) is 0 Å². The highest BCUT2D eigenvalue weighted by Crippen LogP contribution is 2.37. The third kappa shape index (κ3) is 3.00. The van der Waals surface area contributed by atoms with Gasteiger partial charge >= 0.3 is 5.69 Å². The molecule has 2 atom stereocenters. The summed E-state index contributed by atoms with van der Waals surface area (Å²) in [6, 6.07) is 0. The minimum Gasteiger partial charge on any atom is -0.383 e. The number of H-pyrrole nitrogens is 1. The molecular weight excluding hydrogens is 244 g/mol. The Morgan fingerprint density at radius 2 is 2.11 bits per heavy atom. The maximum atomic E-state index is 11.8. The Morgan fingerprint density at radius 1 is 1.47 bits per heavy atom. The lowest BCUT2D eigenvalue weighted by Crippen LogP contribution is -2.35. The van der Waals surface area contributed by atoms with E-state index < -0.39 is 11.2 Å². The fraction of sp³-hybridized carbons (Fsp3) is 0.692. The van der Waals surface area contributed by atoms with Crippen LogP contribution in [0.4, 0.5) is 11.5 Å². The largest absolute Gasteiger partial charge is 0.383 e. The van der Waals surface area contributed by atoms with Crippen molar-refractivity contribution in [3.63, 3.8) is 0 Å². The number of hydrogen-bond donors (Lipinski definition) is 3. The van der Waals surface area contributed by atoms with Crippen LogP contribution in [0, 0.1) is 17.8 Å². The van der Waals surface area contributed by atoms with Crippen molar-refractivity contribution in [2.75, 3.05) is 17.6 Å². The van der Waals surface area contributed by atoms with E-state index in [4.69, 9.17) is 5.73 Å². The van der Waals surface area contributed by atoms with Gasteiger partial charge in [-0.1, -0.05) is 20.8 Å². The van der Waals surface area contributed by atoms with Gasteiger partial charge in [0, 0.05) is 13.1 Å². The molecule has 1 heterocycles. The number of nitrogens with one attached hydrogen (secondary N) is 2. The second-order valence-corrected chi connectivity index (χ2v) is 5.88. The highest BCUT2D eigenvalue weighted by atomic mass is 16.2. The van der Waals surface area contributed by atoms with Crippen molar-refractivity contribution >= 4 is 11.5 Å². The zero-order valence-corrected chi connectivity index (χ0v) is 11.7. The molecule has 1 aliphatic rings. The third-order valence-corrected chi connectivity index (χ3v) is 3.60. The molecule has 2 rings (SSSR count). The predicted octanol–water partition coefficient (Wildman–Crippen LogP) is 0.843. The molecule has 1 saturated carbocycles. The van der Waals surface area contributed by atoms with Crippen molar-refractivity contribution < 1.29 is 0 Å². The molecule has 19 heavy (non-hydrogen) atoms. The number of nitrogens with two attached hydrogens (primary N) is 1. The highest BCUT2D eigenvalue weighted by Gasteiger charge is 2.32. The van der Waals surface area contributed by atoms with Crippen LogP contribution in [-0.4, -0.2) is 16.1 Å². The van der Waals surface area contributed by atoms with Gasteiger partial charge in [-0.15, -0.1) is 0 Å². The molecule has 106 valence electrons. The Labute approximate surface area is 112 Å². The van der Waals surface area contributed by atoms with Crippen molar-refractivity contribution in [3.8, 4) is 0 Å². The van der Waals surface area contributed by atoms with Crippen LogP contribution < -0.4 is 22.3 Å². The van der Waals surface area contributed by atoms with Crippen molar-refractivity contribution in [3.05, 3.63) is 20.8 Å². The average Bonchev–Trinajstić information content (AvgIpc) is 3.00. The molecule has 0 radical (unpaired) electrons. The molecule has 0 aromatic carbocycles. The topological polar surface area (TPSA) is 92.9 Å². The van der Waals surface area contributed by atoms with Crippen molar-refractivity contribution in [1.82, 2.24) is 9.55 Å². The molecule has 2 unspecified atom stereocenters. The molecule has 6 heteroatoms. The van der Waals surface area contributed by atoms with Gasteiger partial charge in [0.05, 0.1) is 0 Å². The Kier molecular flexibility index (Phi) is 3.68. The summed E-state index contributed by atoms with van der Waals surface area (Å²) in [5, 5.41) is 3.09. The molecule has 6 nitrogen and oxygen atoms in total. The van der Waals surface area contributed by atoms with E-state index in [9.17, 15) is 9.59 Å². The molecule has 1 fully saturated rings. The third-order valence-electron chi connectivity index (χ3n) is 3.60. The van der Waals surface area contributed by atoms with Gasteiger partial charge < -0.3 is 11.1 Å². The standard InChI is InChI=1S/C13H22N4O2/c1-7(2)6-17-11(14)10(12(18)16-13(17)19)15-5-9-4-8(9)3/h7-9,15H,4-6,14H2,1-3H3,(H,16,18,19). The van der Waals surface area contributed by atoms with Crippen molar-refractivity contribution in [2.24, 2.45) is 17.8 Å². The summed E-state index contributed by atoms with van der Waals surface area (Å²) in [6.07, 6.45) is 1.18. The van der Waals surface area contributed by atoms with Gasteiger partial charge in [0.15, 0.2) is 0 Å². The summed E-state index contributed by atoms with van der Waals surface area (Å²) in [5.41, 5.74) is 5.40. The minimum atomic E-state index is -0.443. The zero-order chi connectivity index (χ0) is 14.2. The summed E-state index contributed by atoms with van der Waals surface area (Å²) in [5.74, 6) is 1.82. The first-order valence-electron chi connectivity index (χ1n) is 6.76. The fourth-order valence-electron chi connectivity index (χ4n) is 2.22. The van der Waals surface area contributed by atoms with Crippen LogP contribution in [-0.2, 0) is 6.54 Å². The molecule has 1 aromatic rings. The fourth-order valence-corrected chi connectivity index (χ4v) is 2.22. The van der Waals surface area contributed by atoms with Crippen LogP contribution in [0.25, 0.3) is 0 Å². The average molecular weight is 266 g/mol. The highest BCUT2D eigenvalue weighted by molar-refractivity contribution is 5.60. The number of rotatable bonds is 5. The molecule has 0 amide bonds. The van der Waals surface area contributed by atoms with Crippen LogP contribution in [0.15, 0.2) is 9.59 Å². The number of aromatic nitrogens is 2. The monoisotopic (exact) mass is 266 g/mol. The van der Waals surface area contributed by atoms with E-state index >= 15 is 0 Å². The molecule has 4 N–H and O–H groups in total. The zero-order valence-electron chi connectivity index (χ0n) is 11.7. The first kappa shape index (κ1) is 13.7. The molecule has 0 bridgehead atoms. The van der Waals surface area contributed by atoms with Gasteiger partial charge in [0.25, 0.3) is 5.56 Å². The Bertz CT molecular complexity index is 573. The van der Waals surface area contributed by atoms with Gasteiger partial charge in [0.2, 0.25) is 0 Å². The Hall–Kier alpha value is -1.72. The molecular formula is C13H22N4O2. The molecule has 0 saturated heterocycles. The number of hydrogen-bond acceptors (Lipinski definition) is 4. The van der Waals surface area contributed by atoms with E-state index in [1.54, 1.807) is 0 Å². The van der Waals surface area contributed by atoms with Gasteiger partial charge in [-0.25, -0.2) is 4.79 Å². The normalized spacial score (nSPS) is 21.7. The van der Waals surface area contributed by atoms with E-state index in [2.05, 4.69) is 17.2 Å². The van der Waals surface area contributed by atoms with Crippen molar-refractivity contribution in [2.45, 2.75) is 33.7 Å². The number of nitrogen functional groups attached to an aromatic ring is 1. The molecule has 0 spiro atoms. The van der Waals surface area contributed by atoms with Crippen LogP contribution in [0.3, 0.4) is 0 Å². The van der Waals surface area contributed by atoms with Gasteiger partial charge in [-0.3, -0.25) is 14.3 Å². The van der Waals surface area contributed by atoms with E-state index in [1.807, 2.05) is 13.8 Å². The predicted molar refractivity (Wildman–Crippen MR) is 76.3 cm³/mol. The second-order valence-electron chi connectivity index (χ2n) is 5.88. The van der Waals surface area contributed by atoms with Crippen LogP contribution in [0.5, 0.6) is 0 Å². The first-order valence-corrected chi connectivity index (χ1v) is 6.76. The number of aromatic amines is 1. The Morgan fingerprint density at radius 3 is 2.63 bits per heavy atom. The lowest BCUT2D eigenvalue weighted by molar-refractivity contribution is 0.508. The summed E-state index contributed by atoms with van der Waals surface area (Å²) < 4.78 is 1.42. The summed E-state index contributed by atoms with van der Waals surface area (Å²) >= 11 is 0. The lowest BCUT2D eigenvalue weighted by Gasteiger charge is -2.15. The van der Waals surface area contributed by atoms with Gasteiger partial charge in [0.1, 0.15) is 11.5 Å². The van der Waals surface area contributed by atoms with E-state index in [0.29, 0.717) is 24.1 Å². The lowest BCUT2D eigenvalue weighted by atomic mass is 10.2. The van der Waals surface area contributed by atoms with E-state index in [-0.39, 0.29) is 11.7 Å². The summed E-state index contributed by atoms with van der Waals surface area (Å²) in [4.78, 5) is 25.9. The maximum Gasteiger partial charge on any atom is 0.330 e. The second kappa shape index (κ2) is 5.11. The van der Waals surface area contributed by atoms with E-state index in [0.717, 1.165) is 6.54 Å². The van der Waals surface area contributed by atoms with Crippen LogP contribution in [0.2, 0.25) is 0 Å². The molecule has 1 aromatic heterocycles. The molecule has 0 aliphatic heterocycles. The summed E-state index contributed by atoms with van der Waals surface area (Å²) in [7, 11) is 0. The van der Waals surface area contributed by atoms with Crippen LogP contribution >= 0.6 is 0 Å². The minimum absolute atomic E-state index is 0.232. The quantitative estimate of drug-likeness (QED) is 0.736. The number of nitrogens with zero attached hydrogens (tertiary/aromatic N) is 1. The van der Waals surface area contributed by atoms with Crippen molar-refractivity contribution in [1.29, 1.82) is 0 Å². The first-order chi connectivity index (χ1) is 8.90. The summed E-state index contributed by atoms with van der Waals surface area (Å²) in [6.45, 7) is 7.40.